The smallest absolute Gasteiger partial charge is 0.247 e. The number of amides is 3. The summed E-state index contributed by atoms with van der Waals surface area (Å²) in [6, 6.07) is 2.91. The maximum absolute atomic E-state index is 13.2. The van der Waals surface area contributed by atoms with Crippen LogP contribution in [-0.2, 0) is 14.4 Å². The Morgan fingerprint density at radius 1 is 1.07 bits per heavy atom. The van der Waals surface area contributed by atoms with E-state index in [2.05, 4.69) is 33.4 Å². The largest absolute Gasteiger partial charge is 0.324 e. The molecule has 3 amide bonds. The first-order chi connectivity index (χ1) is 13.3. The molecule has 4 aliphatic carbocycles. The van der Waals surface area contributed by atoms with Gasteiger partial charge in [0.25, 0.3) is 0 Å². The molecule has 1 aromatic rings. The molecule has 0 radical (unpaired) electrons. The van der Waals surface area contributed by atoms with Gasteiger partial charge in [-0.3, -0.25) is 19.3 Å². The molecule has 7 atom stereocenters. The van der Waals surface area contributed by atoms with E-state index in [0.717, 1.165) is 22.0 Å². The first-order valence-electron chi connectivity index (χ1n) is 9.93. The maximum Gasteiger partial charge on any atom is 0.247 e. The second-order valence-electron chi connectivity index (χ2n) is 8.71. The number of hydrogen-bond donors (Lipinski definition) is 1. The van der Waals surface area contributed by atoms with Gasteiger partial charge in [0.05, 0.1) is 11.8 Å². The van der Waals surface area contributed by atoms with E-state index in [0.29, 0.717) is 17.5 Å². The first-order valence-corrected chi connectivity index (χ1v) is 10.7. The fourth-order valence-electron chi connectivity index (χ4n) is 5.64. The molecule has 28 heavy (non-hydrogen) atoms. The third-order valence-corrected chi connectivity index (χ3v) is 8.30. The summed E-state index contributed by atoms with van der Waals surface area (Å²) in [4.78, 5) is 40.5. The van der Waals surface area contributed by atoms with E-state index in [4.69, 9.17) is 0 Å². The summed E-state index contributed by atoms with van der Waals surface area (Å²) in [5, 5.41) is 2.91. The van der Waals surface area contributed by atoms with Crippen LogP contribution < -0.4 is 5.32 Å². The lowest BCUT2D eigenvalue weighted by Gasteiger charge is -2.37. The number of nitrogens with one attached hydrogen (secondary N) is 1. The minimum atomic E-state index is -0.815. The van der Waals surface area contributed by atoms with Gasteiger partial charge in [-0.1, -0.05) is 28.1 Å². The number of hydrogen-bond acceptors (Lipinski definition) is 3. The van der Waals surface area contributed by atoms with Crippen molar-refractivity contribution in [2.24, 2.45) is 35.5 Å². The first kappa shape index (κ1) is 18.1. The van der Waals surface area contributed by atoms with Crippen molar-refractivity contribution >= 4 is 39.3 Å². The SMILES string of the molecule is Cc1c(Br)ccc(NC(=O)[C@H](C)N2C(=O)[C@@H]3[C@H]4C=C[C@@H]([C@@H]5C[C@@H]45)[C@@H]3C2=O)c1C. The van der Waals surface area contributed by atoms with Gasteiger partial charge >= 0.3 is 0 Å². The van der Waals surface area contributed by atoms with Gasteiger partial charge in [0, 0.05) is 10.2 Å². The van der Waals surface area contributed by atoms with Crippen LogP contribution in [0.4, 0.5) is 5.69 Å². The highest BCUT2D eigenvalue weighted by molar-refractivity contribution is 9.10. The number of anilines is 1. The molecular formula is C22H23BrN2O3. The van der Waals surface area contributed by atoms with Crippen LogP contribution in [0.15, 0.2) is 28.8 Å². The lowest BCUT2D eigenvalue weighted by atomic mass is 9.63. The zero-order valence-corrected chi connectivity index (χ0v) is 17.7. The Kier molecular flexibility index (Phi) is 3.89. The van der Waals surface area contributed by atoms with E-state index >= 15 is 0 Å². The number of carbonyl (C=O) groups is 3. The van der Waals surface area contributed by atoms with Crippen LogP contribution in [0.1, 0.15) is 24.5 Å². The zero-order valence-electron chi connectivity index (χ0n) is 16.1. The molecule has 6 rings (SSSR count). The molecule has 1 aromatic carbocycles. The van der Waals surface area contributed by atoms with Crippen molar-refractivity contribution in [3.8, 4) is 0 Å². The highest BCUT2D eigenvalue weighted by atomic mass is 79.9. The summed E-state index contributed by atoms with van der Waals surface area (Å²) in [6.07, 6.45) is 5.43. The van der Waals surface area contributed by atoms with E-state index in [9.17, 15) is 14.4 Å². The molecule has 5 aliphatic rings. The number of carbonyl (C=O) groups excluding carboxylic acids is 3. The van der Waals surface area contributed by atoms with Crippen LogP contribution in [-0.4, -0.2) is 28.7 Å². The minimum absolute atomic E-state index is 0.161. The average molecular weight is 443 g/mol. The molecule has 0 unspecified atom stereocenters. The Morgan fingerprint density at radius 2 is 1.64 bits per heavy atom. The second-order valence-corrected chi connectivity index (χ2v) is 9.57. The Labute approximate surface area is 172 Å². The molecule has 3 fully saturated rings. The molecule has 0 spiro atoms. The van der Waals surface area contributed by atoms with Crippen molar-refractivity contribution in [3.05, 3.63) is 39.9 Å². The van der Waals surface area contributed by atoms with Crippen LogP contribution in [0.25, 0.3) is 0 Å². The van der Waals surface area contributed by atoms with E-state index in [-0.39, 0.29) is 41.4 Å². The Balaban J connectivity index is 1.38. The van der Waals surface area contributed by atoms with Gasteiger partial charge in [0.2, 0.25) is 17.7 Å². The summed E-state index contributed by atoms with van der Waals surface area (Å²) < 4.78 is 0.978. The number of allylic oxidation sites excluding steroid dienone is 2. The number of benzene rings is 1. The van der Waals surface area contributed by atoms with Crippen LogP contribution in [0.5, 0.6) is 0 Å². The van der Waals surface area contributed by atoms with Crippen LogP contribution in [0.2, 0.25) is 0 Å². The Morgan fingerprint density at radius 3 is 2.21 bits per heavy atom. The lowest BCUT2D eigenvalue weighted by molar-refractivity contribution is -0.146. The molecule has 1 saturated heterocycles. The summed E-state index contributed by atoms with van der Waals surface area (Å²) in [5.74, 6) is 0.293. The monoisotopic (exact) mass is 442 g/mol. The van der Waals surface area contributed by atoms with Crippen molar-refractivity contribution in [3.63, 3.8) is 0 Å². The van der Waals surface area contributed by atoms with Crippen LogP contribution in [0.3, 0.4) is 0 Å². The second kappa shape index (κ2) is 6.02. The van der Waals surface area contributed by atoms with Gasteiger partial charge in [0.15, 0.2) is 0 Å². The number of likely N-dealkylation sites (tertiary alicyclic amines) is 1. The third-order valence-electron chi connectivity index (χ3n) is 7.44. The van der Waals surface area contributed by atoms with Gasteiger partial charge in [-0.2, -0.15) is 0 Å². The zero-order chi connectivity index (χ0) is 19.9. The van der Waals surface area contributed by atoms with Gasteiger partial charge < -0.3 is 5.32 Å². The molecule has 2 saturated carbocycles. The van der Waals surface area contributed by atoms with Gasteiger partial charge in [-0.05, 0) is 74.1 Å². The maximum atomic E-state index is 13.2. The molecule has 1 aliphatic heterocycles. The van der Waals surface area contributed by atoms with Gasteiger partial charge in [-0.25, -0.2) is 0 Å². The highest BCUT2D eigenvalue weighted by Crippen LogP contribution is 2.65. The lowest BCUT2D eigenvalue weighted by Crippen LogP contribution is -2.46. The summed E-state index contributed by atoms with van der Waals surface area (Å²) in [5.41, 5.74) is 2.72. The number of rotatable bonds is 3. The summed E-state index contributed by atoms with van der Waals surface area (Å²) in [6.45, 7) is 5.57. The molecule has 6 heteroatoms. The predicted octanol–water partition coefficient (Wildman–Crippen LogP) is 3.45. The topological polar surface area (TPSA) is 66.5 Å². The van der Waals surface area contributed by atoms with E-state index in [1.165, 1.54) is 4.90 Å². The van der Waals surface area contributed by atoms with Crippen molar-refractivity contribution in [2.45, 2.75) is 33.2 Å². The fourth-order valence-corrected chi connectivity index (χ4v) is 6.07. The van der Waals surface area contributed by atoms with E-state index in [1.807, 2.05) is 26.0 Å². The molecule has 1 N–H and O–H groups in total. The molecule has 1 heterocycles. The molecule has 2 bridgehead atoms. The van der Waals surface area contributed by atoms with Crippen LogP contribution in [0, 0.1) is 49.4 Å². The van der Waals surface area contributed by atoms with E-state index < -0.39 is 6.04 Å². The van der Waals surface area contributed by atoms with Crippen molar-refractivity contribution in [1.29, 1.82) is 0 Å². The molecule has 5 nitrogen and oxygen atoms in total. The average Bonchev–Trinajstić information content (AvgIpc) is 3.45. The molecule has 146 valence electrons. The van der Waals surface area contributed by atoms with Crippen molar-refractivity contribution in [2.75, 3.05) is 5.32 Å². The normalized spacial score (nSPS) is 35.6. The fraction of sp³-hybridized carbons (Fsp3) is 0.500. The summed E-state index contributed by atoms with van der Waals surface area (Å²) >= 11 is 3.49. The standard InChI is InChI=1S/C22H23BrN2O3/c1-9-10(2)17(7-6-16(9)23)24-20(26)11(3)25-21(27)18-12-4-5-13(15-8-14(12)15)19(18)22(25)28/h4-7,11-15,18-19H,8H2,1-3H3,(H,24,26)/t11-,12-,13-,14-,15-,18-,19+/m0/s1. The molecule has 0 aromatic heterocycles. The van der Waals surface area contributed by atoms with Gasteiger partial charge in [-0.15, -0.1) is 0 Å². The Bertz CT molecular complexity index is 919. The highest BCUT2D eigenvalue weighted by Gasteiger charge is 2.67. The van der Waals surface area contributed by atoms with Gasteiger partial charge in [0.1, 0.15) is 6.04 Å². The summed E-state index contributed by atoms with van der Waals surface area (Å²) in [7, 11) is 0. The number of halogens is 1. The predicted molar refractivity (Wildman–Crippen MR) is 108 cm³/mol. The number of nitrogens with zero attached hydrogens (tertiary/aromatic N) is 1. The minimum Gasteiger partial charge on any atom is -0.324 e. The van der Waals surface area contributed by atoms with Crippen molar-refractivity contribution < 1.29 is 14.4 Å². The number of imide groups is 1. The quantitative estimate of drug-likeness (QED) is 0.575. The van der Waals surface area contributed by atoms with Crippen molar-refractivity contribution in [1.82, 2.24) is 4.90 Å². The third kappa shape index (κ3) is 2.33. The molecular weight excluding hydrogens is 420 g/mol. The van der Waals surface area contributed by atoms with Crippen LogP contribution >= 0.6 is 15.9 Å². The van der Waals surface area contributed by atoms with E-state index in [1.54, 1.807) is 6.92 Å². The Hall–Kier alpha value is -1.95.